The zero-order valence-corrected chi connectivity index (χ0v) is 13.3. The van der Waals surface area contributed by atoms with Gasteiger partial charge in [0, 0.05) is 17.8 Å². The maximum Gasteiger partial charge on any atom is 0.169 e. The van der Waals surface area contributed by atoms with Crippen molar-refractivity contribution < 1.29 is 5.11 Å². The molecule has 2 N–H and O–H groups in total. The normalized spacial score (nSPS) is 18.8. The fourth-order valence-electron chi connectivity index (χ4n) is 2.54. The van der Waals surface area contributed by atoms with Crippen LogP contribution in [0.5, 0.6) is 5.75 Å². The summed E-state index contributed by atoms with van der Waals surface area (Å²) in [6.45, 7) is 6.80. The third kappa shape index (κ3) is 3.29. The van der Waals surface area contributed by atoms with Crippen molar-refractivity contribution in [2.75, 3.05) is 18.4 Å². The maximum atomic E-state index is 10.1. The monoisotopic (exact) mass is 312 g/mol. The van der Waals surface area contributed by atoms with E-state index >= 15 is 0 Å². The molecule has 2 heterocycles. The Morgan fingerprint density at radius 1 is 1.17 bits per heavy atom. The van der Waals surface area contributed by atoms with E-state index in [9.17, 15) is 5.11 Å². The van der Waals surface area contributed by atoms with Crippen molar-refractivity contribution in [1.29, 1.82) is 0 Å². The van der Waals surface area contributed by atoms with E-state index in [1.165, 1.54) is 12.7 Å². The molecule has 3 rings (SSSR count). The van der Waals surface area contributed by atoms with Crippen molar-refractivity contribution in [2.45, 2.75) is 26.4 Å². The Morgan fingerprint density at radius 2 is 2.00 bits per heavy atom. The molecule has 23 heavy (non-hydrogen) atoms. The van der Waals surface area contributed by atoms with Crippen LogP contribution in [0.3, 0.4) is 0 Å². The zero-order valence-electron chi connectivity index (χ0n) is 13.3. The van der Waals surface area contributed by atoms with Gasteiger partial charge in [0.2, 0.25) is 0 Å². The van der Waals surface area contributed by atoms with Gasteiger partial charge in [-0.05, 0) is 31.3 Å². The molecule has 0 radical (unpaired) electrons. The fraction of sp³-hybridized carbons (Fsp3) is 0.375. The Labute approximate surface area is 135 Å². The van der Waals surface area contributed by atoms with Gasteiger partial charge in [-0.1, -0.05) is 13.8 Å². The third-order valence-electron chi connectivity index (χ3n) is 3.94. The first-order chi connectivity index (χ1) is 11.2. The first kappa shape index (κ1) is 15.4. The first-order valence-corrected chi connectivity index (χ1v) is 7.72. The van der Waals surface area contributed by atoms with E-state index in [-0.39, 0.29) is 6.04 Å². The Morgan fingerprint density at radius 3 is 2.78 bits per heavy atom. The van der Waals surface area contributed by atoms with Crippen LogP contribution >= 0.6 is 0 Å². The molecule has 7 nitrogen and oxygen atoms in total. The molecule has 1 unspecified atom stereocenters. The van der Waals surface area contributed by atoms with Crippen molar-refractivity contribution >= 4 is 30.0 Å². The Bertz CT molecular complexity index is 703. The lowest BCUT2D eigenvalue weighted by Crippen LogP contribution is -2.33. The molecule has 2 aliphatic rings. The average molecular weight is 312 g/mol. The molecule has 0 spiro atoms. The topological polar surface area (TPSA) is 84.9 Å². The van der Waals surface area contributed by atoms with Crippen LogP contribution in [0.4, 0.5) is 5.69 Å². The molecule has 0 amide bonds. The van der Waals surface area contributed by atoms with Crippen LogP contribution in [0.1, 0.15) is 19.4 Å². The summed E-state index contributed by atoms with van der Waals surface area (Å²) < 4.78 is 0. The number of benzene rings is 1. The average Bonchev–Trinajstić information content (AvgIpc) is 3.05. The van der Waals surface area contributed by atoms with E-state index in [1.807, 2.05) is 12.1 Å². The highest BCUT2D eigenvalue weighted by Gasteiger charge is 2.26. The van der Waals surface area contributed by atoms with E-state index < -0.39 is 0 Å². The molecule has 1 aromatic rings. The number of nitrogens with zero attached hydrogens (tertiary/aromatic N) is 5. The summed E-state index contributed by atoms with van der Waals surface area (Å²) >= 11 is 0. The Kier molecular flexibility index (Phi) is 4.47. The van der Waals surface area contributed by atoms with Crippen molar-refractivity contribution in [3.05, 3.63) is 23.8 Å². The number of amidine groups is 2. The summed E-state index contributed by atoms with van der Waals surface area (Å²) in [4.78, 5) is 19.0. The Hall–Kier alpha value is -2.54. The summed E-state index contributed by atoms with van der Waals surface area (Å²) in [5.74, 6) is 1.63. The highest BCUT2D eigenvalue weighted by molar-refractivity contribution is 6.23. The number of aliphatic imine (C=N–C) groups is 4. The van der Waals surface area contributed by atoms with Gasteiger partial charge in [-0.15, -0.1) is 0 Å². The summed E-state index contributed by atoms with van der Waals surface area (Å²) in [6, 6.07) is 5.20. The largest absolute Gasteiger partial charge is 0.508 e. The Balaban J connectivity index is 1.78. The van der Waals surface area contributed by atoms with E-state index in [2.05, 4.69) is 44.0 Å². The SMILES string of the molecule is CCN(CC)Cc1cc(NC2=NC=NC3=NC=NC32)ccc1O. The smallest absolute Gasteiger partial charge is 0.169 e. The van der Waals surface area contributed by atoms with Gasteiger partial charge >= 0.3 is 0 Å². The van der Waals surface area contributed by atoms with Crippen molar-refractivity contribution in [3.63, 3.8) is 0 Å². The predicted molar refractivity (Wildman–Crippen MR) is 94.0 cm³/mol. The molecule has 0 saturated heterocycles. The summed E-state index contributed by atoms with van der Waals surface area (Å²) in [6.07, 6.45) is 2.98. The number of rotatable bonds is 5. The van der Waals surface area contributed by atoms with Gasteiger partial charge in [0.25, 0.3) is 0 Å². The van der Waals surface area contributed by atoms with Gasteiger partial charge in [0.15, 0.2) is 11.9 Å². The molecule has 1 atom stereocenters. The number of hydrogen-bond donors (Lipinski definition) is 2. The van der Waals surface area contributed by atoms with Gasteiger partial charge in [0.05, 0.1) is 0 Å². The minimum Gasteiger partial charge on any atom is -0.508 e. The highest BCUT2D eigenvalue weighted by atomic mass is 16.3. The molecule has 7 heteroatoms. The second-order valence-corrected chi connectivity index (χ2v) is 5.34. The van der Waals surface area contributed by atoms with Crippen LogP contribution in [0, 0.1) is 0 Å². The predicted octanol–water partition coefficient (Wildman–Crippen LogP) is 1.90. The molecule has 120 valence electrons. The van der Waals surface area contributed by atoms with Crippen LogP contribution in [0.15, 0.2) is 38.2 Å². The van der Waals surface area contributed by atoms with Gasteiger partial charge in [-0.3, -0.25) is 9.89 Å². The van der Waals surface area contributed by atoms with E-state index in [0.29, 0.717) is 24.0 Å². The van der Waals surface area contributed by atoms with Crippen LogP contribution in [0.2, 0.25) is 0 Å². The molecule has 1 aromatic carbocycles. The standard InChI is InChI=1S/C16H20N6O/c1-3-22(4-2)8-11-7-12(5-6-13(11)23)21-16-14-15(18-9-17-14)19-10-20-16/h5-7,9-10,14,23H,3-4,8H2,1-2H3,(H,17,18,19,20,21). The van der Waals surface area contributed by atoms with E-state index in [1.54, 1.807) is 6.07 Å². The van der Waals surface area contributed by atoms with E-state index in [0.717, 1.165) is 24.3 Å². The summed E-state index contributed by atoms with van der Waals surface area (Å²) in [7, 11) is 0. The van der Waals surface area contributed by atoms with Crippen LogP contribution < -0.4 is 5.32 Å². The molecule has 2 aliphatic heterocycles. The van der Waals surface area contributed by atoms with Crippen LogP contribution in [0.25, 0.3) is 0 Å². The number of fused-ring (bicyclic) bond motifs is 1. The number of hydrogen-bond acceptors (Lipinski definition) is 7. The first-order valence-electron chi connectivity index (χ1n) is 7.72. The summed E-state index contributed by atoms with van der Waals surface area (Å²) in [5, 5.41) is 13.3. The van der Waals surface area contributed by atoms with Crippen LogP contribution in [-0.4, -0.2) is 53.5 Å². The maximum absolute atomic E-state index is 10.1. The molecule has 0 aliphatic carbocycles. The summed E-state index contributed by atoms with van der Waals surface area (Å²) in [5.41, 5.74) is 1.74. The van der Waals surface area contributed by atoms with Gasteiger partial charge in [-0.2, -0.15) is 0 Å². The number of phenolic OH excluding ortho intramolecular Hbond substituents is 1. The molecule has 0 aromatic heterocycles. The lowest BCUT2D eigenvalue weighted by atomic mass is 10.1. The quantitative estimate of drug-likeness (QED) is 0.814. The number of anilines is 1. The van der Waals surface area contributed by atoms with Gasteiger partial charge in [-0.25, -0.2) is 15.0 Å². The van der Waals surface area contributed by atoms with E-state index in [4.69, 9.17) is 0 Å². The lowest BCUT2D eigenvalue weighted by molar-refractivity contribution is 0.291. The zero-order chi connectivity index (χ0) is 16.2. The van der Waals surface area contributed by atoms with Crippen LogP contribution in [-0.2, 0) is 6.54 Å². The minimum absolute atomic E-state index is 0.264. The number of aromatic hydroxyl groups is 1. The molecular formula is C16H20N6O. The van der Waals surface area contributed by atoms with Crippen molar-refractivity contribution in [1.82, 2.24) is 4.90 Å². The number of phenols is 1. The van der Waals surface area contributed by atoms with Gasteiger partial charge < -0.3 is 10.4 Å². The van der Waals surface area contributed by atoms with Crippen molar-refractivity contribution in [3.8, 4) is 5.75 Å². The van der Waals surface area contributed by atoms with Gasteiger partial charge in [0.1, 0.15) is 24.3 Å². The molecular weight excluding hydrogens is 292 g/mol. The second-order valence-electron chi connectivity index (χ2n) is 5.34. The van der Waals surface area contributed by atoms with Crippen molar-refractivity contribution in [2.24, 2.45) is 20.0 Å². The second kappa shape index (κ2) is 6.70. The number of nitrogens with one attached hydrogen (secondary N) is 1. The molecule has 0 fully saturated rings. The molecule has 0 saturated carbocycles. The fourth-order valence-corrected chi connectivity index (χ4v) is 2.54. The minimum atomic E-state index is -0.264. The third-order valence-corrected chi connectivity index (χ3v) is 3.94. The molecule has 0 bridgehead atoms. The lowest BCUT2D eigenvalue weighted by Gasteiger charge is -2.20. The highest BCUT2D eigenvalue weighted by Crippen LogP contribution is 2.24.